The standard InChI is InChI=1S/C12H11F2NO2S/c1-2-17-10(16)5-8-3-7(6-15)4-9(18)11(8)12(13)14/h3-4,12,18H,2,5H2,1H3. The number of carbonyl (C=O) groups excluding carboxylic acids is 1. The first-order valence-corrected chi connectivity index (χ1v) is 5.64. The van der Waals surface area contributed by atoms with Crippen molar-refractivity contribution in [3.05, 3.63) is 28.8 Å². The number of hydrogen-bond donors (Lipinski definition) is 1. The molecule has 96 valence electrons. The summed E-state index contributed by atoms with van der Waals surface area (Å²) in [6.45, 7) is 1.80. The lowest BCUT2D eigenvalue weighted by molar-refractivity contribution is -0.142. The molecule has 0 radical (unpaired) electrons. The van der Waals surface area contributed by atoms with Gasteiger partial charge in [0, 0.05) is 10.5 Å². The Morgan fingerprint density at radius 1 is 1.56 bits per heavy atom. The van der Waals surface area contributed by atoms with Crippen LogP contribution in [-0.2, 0) is 16.0 Å². The Bertz CT molecular complexity index is 498. The molecule has 0 saturated carbocycles. The van der Waals surface area contributed by atoms with Crippen LogP contribution in [0.2, 0.25) is 0 Å². The minimum Gasteiger partial charge on any atom is -0.466 e. The summed E-state index contributed by atoms with van der Waals surface area (Å²) in [5, 5.41) is 8.77. The SMILES string of the molecule is CCOC(=O)Cc1cc(C#N)cc(S)c1C(F)F. The van der Waals surface area contributed by atoms with E-state index in [0.29, 0.717) is 0 Å². The van der Waals surface area contributed by atoms with Crippen LogP contribution in [-0.4, -0.2) is 12.6 Å². The fraction of sp³-hybridized carbons (Fsp3) is 0.333. The van der Waals surface area contributed by atoms with Crippen molar-refractivity contribution >= 4 is 18.6 Å². The van der Waals surface area contributed by atoms with Crippen LogP contribution in [0.4, 0.5) is 8.78 Å². The van der Waals surface area contributed by atoms with Gasteiger partial charge in [-0.3, -0.25) is 4.79 Å². The van der Waals surface area contributed by atoms with Gasteiger partial charge in [0.05, 0.1) is 24.7 Å². The molecule has 0 heterocycles. The first-order chi connectivity index (χ1) is 8.49. The molecule has 1 aromatic rings. The van der Waals surface area contributed by atoms with Crippen LogP contribution in [0.5, 0.6) is 0 Å². The molecule has 0 spiro atoms. The predicted molar refractivity (Wildman–Crippen MR) is 63.7 cm³/mol. The number of rotatable bonds is 4. The molecule has 18 heavy (non-hydrogen) atoms. The normalized spacial score (nSPS) is 10.2. The highest BCUT2D eigenvalue weighted by atomic mass is 32.1. The first-order valence-electron chi connectivity index (χ1n) is 5.19. The van der Waals surface area contributed by atoms with Crippen molar-refractivity contribution in [2.45, 2.75) is 24.7 Å². The fourth-order valence-electron chi connectivity index (χ4n) is 1.53. The average molecular weight is 271 g/mol. The first kappa shape index (κ1) is 14.5. The average Bonchev–Trinajstić information content (AvgIpc) is 2.27. The second kappa shape index (κ2) is 6.36. The van der Waals surface area contributed by atoms with E-state index in [9.17, 15) is 13.6 Å². The lowest BCUT2D eigenvalue weighted by Gasteiger charge is -2.11. The third-order valence-corrected chi connectivity index (χ3v) is 2.60. The molecular formula is C12H11F2NO2S. The van der Waals surface area contributed by atoms with Crippen molar-refractivity contribution in [2.24, 2.45) is 0 Å². The van der Waals surface area contributed by atoms with E-state index in [4.69, 9.17) is 10.00 Å². The molecule has 0 aliphatic carbocycles. The number of nitrogens with zero attached hydrogens (tertiary/aromatic N) is 1. The summed E-state index contributed by atoms with van der Waals surface area (Å²) in [6.07, 6.45) is -3.05. The van der Waals surface area contributed by atoms with Gasteiger partial charge in [-0.1, -0.05) is 0 Å². The van der Waals surface area contributed by atoms with Gasteiger partial charge in [-0.05, 0) is 24.6 Å². The van der Waals surface area contributed by atoms with Crippen molar-refractivity contribution in [2.75, 3.05) is 6.61 Å². The molecule has 0 unspecified atom stereocenters. The van der Waals surface area contributed by atoms with Crippen LogP contribution in [0.15, 0.2) is 17.0 Å². The summed E-state index contributed by atoms with van der Waals surface area (Å²) >= 11 is 3.92. The second-order valence-electron chi connectivity index (χ2n) is 3.46. The Labute approximate surface area is 109 Å². The van der Waals surface area contributed by atoms with Crippen LogP contribution in [0, 0.1) is 11.3 Å². The van der Waals surface area contributed by atoms with Crippen molar-refractivity contribution in [1.82, 2.24) is 0 Å². The molecule has 1 aromatic carbocycles. The second-order valence-corrected chi connectivity index (χ2v) is 3.94. The number of alkyl halides is 2. The molecule has 0 saturated heterocycles. The number of carbonyl (C=O) groups is 1. The smallest absolute Gasteiger partial charge is 0.310 e. The number of benzene rings is 1. The molecule has 0 atom stereocenters. The van der Waals surface area contributed by atoms with Gasteiger partial charge in [-0.25, -0.2) is 8.78 Å². The highest BCUT2D eigenvalue weighted by Crippen LogP contribution is 2.31. The Hall–Kier alpha value is -1.61. The van der Waals surface area contributed by atoms with Crippen LogP contribution in [0.3, 0.4) is 0 Å². The van der Waals surface area contributed by atoms with Gasteiger partial charge in [-0.2, -0.15) is 5.26 Å². The van der Waals surface area contributed by atoms with Crippen molar-refractivity contribution in [3.8, 4) is 6.07 Å². The van der Waals surface area contributed by atoms with E-state index in [1.165, 1.54) is 12.1 Å². The summed E-state index contributed by atoms with van der Waals surface area (Å²) in [5.74, 6) is -0.609. The van der Waals surface area contributed by atoms with Gasteiger partial charge in [0.25, 0.3) is 6.43 Å². The quantitative estimate of drug-likeness (QED) is 0.676. The van der Waals surface area contributed by atoms with E-state index in [1.807, 2.05) is 6.07 Å². The summed E-state index contributed by atoms with van der Waals surface area (Å²) in [7, 11) is 0. The van der Waals surface area contributed by atoms with E-state index >= 15 is 0 Å². The third kappa shape index (κ3) is 3.44. The van der Waals surface area contributed by atoms with Crippen molar-refractivity contribution < 1.29 is 18.3 Å². The van der Waals surface area contributed by atoms with Crippen LogP contribution < -0.4 is 0 Å². The molecule has 6 heteroatoms. The Morgan fingerprint density at radius 3 is 2.72 bits per heavy atom. The van der Waals surface area contributed by atoms with Crippen molar-refractivity contribution in [1.29, 1.82) is 5.26 Å². The van der Waals surface area contributed by atoms with Gasteiger partial charge < -0.3 is 4.74 Å². The third-order valence-electron chi connectivity index (χ3n) is 2.23. The van der Waals surface area contributed by atoms with Crippen LogP contribution >= 0.6 is 12.6 Å². The van der Waals surface area contributed by atoms with Gasteiger partial charge in [0.15, 0.2) is 0 Å². The lowest BCUT2D eigenvalue weighted by Crippen LogP contribution is -2.10. The number of ether oxygens (including phenoxy) is 1. The van der Waals surface area contributed by atoms with Gasteiger partial charge >= 0.3 is 5.97 Å². The van der Waals surface area contributed by atoms with Gasteiger partial charge in [0.2, 0.25) is 0 Å². The molecule has 0 fully saturated rings. The molecule has 0 aliphatic heterocycles. The highest BCUT2D eigenvalue weighted by molar-refractivity contribution is 7.80. The van der Waals surface area contributed by atoms with E-state index in [2.05, 4.69) is 12.6 Å². The molecule has 0 amide bonds. The maximum Gasteiger partial charge on any atom is 0.310 e. The van der Waals surface area contributed by atoms with Crippen LogP contribution in [0.1, 0.15) is 30.0 Å². The molecule has 0 N–H and O–H groups in total. The number of thiol groups is 1. The zero-order chi connectivity index (χ0) is 13.7. The van der Waals surface area contributed by atoms with Gasteiger partial charge in [-0.15, -0.1) is 12.6 Å². The maximum absolute atomic E-state index is 12.9. The minimum atomic E-state index is -2.75. The Kier molecular flexibility index (Phi) is 5.10. The van der Waals surface area contributed by atoms with E-state index in [-0.39, 0.29) is 34.6 Å². The molecule has 1 rings (SSSR count). The summed E-state index contributed by atoms with van der Waals surface area (Å²) in [5.41, 5.74) is -0.0680. The molecule has 0 aliphatic rings. The number of nitriles is 1. The highest BCUT2D eigenvalue weighted by Gasteiger charge is 2.20. The van der Waals surface area contributed by atoms with E-state index in [1.54, 1.807) is 6.92 Å². The molecule has 3 nitrogen and oxygen atoms in total. The number of esters is 1. The largest absolute Gasteiger partial charge is 0.466 e. The maximum atomic E-state index is 12.9. The van der Waals surface area contributed by atoms with Crippen LogP contribution in [0.25, 0.3) is 0 Å². The summed E-state index contributed by atoms with van der Waals surface area (Å²) in [4.78, 5) is 11.3. The zero-order valence-electron chi connectivity index (χ0n) is 9.61. The summed E-state index contributed by atoms with van der Waals surface area (Å²) < 4.78 is 30.5. The molecular weight excluding hydrogens is 260 g/mol. The van der Waals surface area contributed by atoms with E-state index < -0.39 is 12.4 Å². The zero-order valence-corrected chi connectivity index (χ0v) is 10.5. The molecule has 0 aromatic heterocycles. The lowest BCUT2D eigenvalue weighted by atomic mass is 10.0. The van der Waals surface area contributed by atoms with Crippen molar-refractivity contribution in [3.63, 3.8) is 0 Å². The monoisotopic (exact) mass is 271 g/mol. The fourth-order valence-corrected chi connectivity index (χ4v) is 1.91. The minimum absolute atomic E-state index is 0.00310. The van der Waals surface area contributed by atoms with Gasteiger partial charge in [0.1, 0.15) is 0 Å². The topological polar surface area (TPSA) is 50.1 Å². The Morgan fingerprint density at radius 2 is 2.22 bits per heavy atom. The van der Waals surface area contributed by atoms with E-state index in [0.717, 1.165) is 0 Å². The number of halogens is 2. The Balaban J connectivity index is 3.18. The summed E-state index contributed by atoms with van der Waals surface area (Å²) in [6, 6.07) is 4.34. The predicted octanol–water partition coefficient (Wildman–Crippen LogP) is 2.89. The molecule has 0 bridgehead atoms. The number of hydrogen-bond acceptors (Lipinski definition) is 4.